The van der Waals surface area contributed by atoms with Crippen LogP contribution in [0.1, 0.15) is 108 Å². The van der Waals surface area contributed by atoms with Crippen molar-refractivity contribution in [3.05, 3.63) is 134 Å². The zero-order chi connectivity index (χ0) is 34.9. The molecule has 2 nitrogen and oxygen atoms in total. The molecule has 0 amide bonds. The molecule has 0 spiro atoms. The van der Waals surface area contributed by atoms with E-state index in [1.165, 1.54) is 72.7 Å². The molecule has 2 heteroatoms. The Hall–Kier alpha value is -3.91. The van der Waals surface area contributed by atoms with E-state index in [2.05, 4.69) is 104 Å². The lowest BCUT2D eigenvalue weighted by Crippen LogP contribution is -2.18. The quantitative estimate of drug-likeness (QED) is 0.170. The molecule has 0 fully saturated rings. The van der Waals surface area contributed by atoms with Crippen molar-refractivity contribution in [3.63, 3.8) is 0 Å². The monoisotopic (exact) mass is 607 g/mol. The van der Waals surface area contributed by atoms with Crippen LogP contribution in [0, 0.1) is 69.2 Å². The predicted molar refractivity (Wildman–Crippen MR) is 204 cm³/mol. The molecule has 0 aliphatic heterocycles. The van der Waals surface area contributed by atoms with Crippen LogP contribution in [0.15, 0.2) is 72.8 Å². The highest BCUT2D eigenvalue weighted by molar-refractivity contribution is 5.86. The SMILES string of the molecule is C/C=C/C.CC.CC.Cc1c(C)c(C)c(N(c2ccccc2)c2c(C)c(C)c(C)c(C)c2C)c(C)c1C.O=Cc1ccccc1. The van der Waals surface area contributed by atoms with Crippen LogP contribution in [0.4, 0.5) is 17.1 Å². The third-order valence-electron chi connectivity index (χ3n) is 8.65. The first-order valence-electron chi connectivity index (χ1n) is 16.5. The van der Waals surface area contributed by atoms with Gasteiger partial charge in [0.2, 0.25) is 0 Å². The van der Waals surface area contributed by atoms with Gasteiger partial charge in [-0.3, -0.25) is 4.79 Å². The highest BCUT2D eigenvalue weighted by Crippen LogP contribution is 2.46. The standard InChI is InChI=1S/C28H35N.C7H6O.C4H8.2C2H6/c1-16-18(3)22(7)27(23(8)19(16)4)29(26-14-12-11-13-15-26)28-24(9)20(5)17(2)21(6)25(28)10;8-6-7-4-2-1-3-5-7;1-3-4-2;2*1-2/h11-15H,1-10H3;1-6H;3-4H,1-2H3;2*1-2H3/b;;4-3+;;. The minimum atomic E-state index is 0.729. The lowest BCUT2D eigenvalue weighted by Gasteiger charge is -2.34. The Morgan fingerprint density at radius 2 is 0.689 bits per heavy atom. The van der Waals surface area contributed by atoms with Gasteiger partial charge in [0.15, 0.2) is 0 Å². The maximum absolute atomic E-state index is 10.0. The Morgan fingerprint density at radius 3 is 0.933 bits per heavy atom. The first-order valence-corrected chi connectivity index (χ1v) is 16.5. The Bertz CT molecular complexity index is 1360. The minimum Gasteiger partial charge on any atom is -0.309 e. The second-order valence-electron chi connectivity index (χ2n) is 10.8. The fourth-order valence-corrected chi connectivity index (χ4v) is 5.11. The number of aldehydes is 1. The van der Waals surface area contributed by atoms with Crippen LogP contribution < -0.4 is 4.90 Å². The Morgan fingerprint density at radius 1 is 0.422 bits per heavy atom. The summed E-state index contributed by atoms with van der Waals surface area (Å²) in [4.78, 5) is 12.5. The van der Waals surface area contributed by atoms with Gasteiger partial charge in [-0.2, -0.15) is 0 Å². The van der Waals surface area contributed by atoms with Gasteiger partial charge in [-0.05, 0) is 151 Å². The molecule has 244 valence electrons. The molecule has 0 aliphatic rings. The summed E-state index contributed by atoms with van der Waals surface area (Å²) >= 11 is 0. The number of allylic oxidation sites excluding steroid dienone is 2. The van der Waals surface area contributed by atoms with Gasteiger partial charge < -0.3 is 4.90 Å². The van der Waals surface area contributed by atoms with Gasteiger partial charge in [0, 0.05) is 11.3 Å². The Labute approximate surface area is 277 Å². The third kappa shape index (κ3) is 10.3. The maximum Gasteiger partial charge on any atom is 0.150 e. The normalized spacial score (nSPS) is 9.78. The molecule has 0 bridgehead atoms. The molecule has 0 aromatic heterocycles. The second kappa shape index (κ2) is 20.9. The van der Waals surface area contributed by atoms with Crippen molar-refractivity contribution in [2.24, 2.45) is 0 Å². The van der Waals surface area contributed by atoms with Crippen molar-refractivity contribution in [2.75, 3.05) is 4.90 Å². The van der Waals surface area contributed by atoms with Gasteiger partial charge in [0.1, 0.15) is 6.29 Å². The maximum atomic E-state index is 10.0. The molecule has 0 radical (unpaired) electrons. The van der Waals surface area contributed by atoms with Crippen molar-refractivity contribution in [1.82, 2.24) is 0 Å². The van der Waals surface area contributed by atoms with E-state index < -0.39 is 0 Å². The van der Waals surface area contributed by atoms with E-state index in [1.54, 1.807) is 12.1 Å². The smallest absolute Gasteiger partial charge is 0.150 e. The van der Waals surface area contributed by atoms with Crippen LogP contribution in [0.5, 0.6) is 0 Å². The van der Waals surface area contributed by atoms with Gasteiger partial charge in [0.05, 0.1) is 11.4 Å². The summed E-state index contributed by atoms with van der Waals surface area (Å²) in [7, 11) is 0. The number of anilines is 3. The van der Waals surface area contributed by atoms with Gasteiger partial charge in [-0.15, -0.1) is 0 Å². The molecule has 4 rings (SSSR count). The van der Waals surface area contributed by atoms with Crippen LogP contribution in [-0.2, 0) is 0 Å². The average Bonchev–Trinajstić information content (AvgIpc) is 3.10. The average molecular weight is 608 g/mol. The first-order chi connectivity index (χ1) is 21.4. The van der Waals surface area contributed by atoms with E-state index in [9.17, 15) is 4.79 Å². The highest BCUT2D eigenvalue weighted by atomic mass is 16.1. The summed E-state index contributed by atoms with van der Waals surface area (Å²) in [6.45, 7) is 34.6. The second-order valence-corrected chi connectivity index (χ2v) is 10.8. The summed E-state index contributed by atoms with van der Waals surface area (Å²) in [5.41, 5.74) is 18.4. The lowest BCUT2D eigenvalue weighted by molar-refractivity contribution is 0.112. The van der Waals surface area contributed by atoms with Gasteiger partial charge in [-0.25, -0.2) is 0 Å². The molecular weight excluding hydrogens is 546 g/mol. The molecule has 0 N–H and O–H groups in total. The number of carbonyl (C=O) groups is 1. The Balaban J connectivity index is 0.00000100. The number of nitrogens with zero attached hydrogens (tertiary/aromatic N) is 1. The molecular formula is C43H61NO. The number of carbonyl (C=O) groups excluding carboxylic acids is 1. The molecule has 4 aromatic rings. The van der Waals surface area contributed by atoms with Gasteiger partial charge in [-0.1, -0.05) is 88.4 Å². The van der Waals surface area contributed by atoms with Crippen molar-refractivity contribution >= 4 is 23.3 Å². The number of hydrogen-bond donors (Lipinski definition) is 0. The number of para-hydroxylation sites is 1. The zero-order valence-electron chi connectivity index (χ0n) is 31.4. The molecule has 0 atom stereocenters. The summed E-state index contributed by atoms with van der Waals surface area (Å²) in [6.07, 6.45) is 4.83. The van der Waals surface area contributed by atoms with E-state index in [0.717, 1.165) is 11.8 Å². The lowest BCUT2D eigenvalue weighted by atomic mass is 9.89. The predicted octanol–water partition coefficient (Wildman–Crippen LogP) is 13.4. The molecule has 45 heavy (non-hydrogen) atoms. The van der Waals surface area contributed by atoms with Crippen LogP contribution in [-0.4, -0.2) is 6.29 Å². The number of benzene rings is 4. The summed E-state index contributed by atoms with van der Waals surface area (Å²) in [5, 5.41) is 0. The van der Waals surface area contributed by atoms with Crippen molar-refractivity contribution in [1.29, 1.82) is 0 Å². The Kier molecular flexibility index (Phi) is 19.1. The third-order valence-corrected chi connectivity index (χ3v) is 8.65. The van der Waals surface area contributed by atoms with Crippen LogP contribution >= 0.6 is 0 Å². The van der Waals surface area contributed by atoms with Crippen molar-refractivity contribution < 1.29 is 4.79 Å². The van der Waals surface area contributed by atoms with Crippen LogP contribution in [0.2, 0.25) is 0 Å². The van der Waals surface area contributed by atoms with E-state index in [4.69, 9.17) is 0 Å². The summed E-state index contributed by atoms with van der Waals surface area (Å²) < 4.78 is 0. The first kappa shape index (κ1) is 41.1. The largest absolute Gasteiger partial charge is 0.309 e. The van der Waals surface area contributed by atoms with Gasteiger partial charge in [0.25, 0.3) is 0 Å². The molecule has 4 aromatic carbocycles. The van der Waals surface area contributed by atoms with Crippen molar-refractivity contribution in [3.8, 4) is 0 Å². The van der Waals surface area contributed by atoms with E-state index in [-0.39, 0.29) is 0 Å². The molecule has 0 saturated heterocycles. The fraction of sp³-hybridized carbons (Fsp3) is 0.372. The topological polar surface area (TPSA) is 20.3 Å². The number of rotatable bonds is 4. The van der Waals surface area contributed by atoms with Crippen molar-refractivity contribution in [2.45, 2.75) is 111 Å². The minimum absolute atomic E-state index is 0.729. The fourth-order valence-electron chi connectivity index (χ4n) is 5.11. The molecule has 0 saturated carbocycles. The molecule has 0 unspecified atom stereocenters. The molecule has 0 heterocycles. The van der Waals surface area contributed by atoms with E-state index >= 15 is 0 Å². The van der Waals surface area contributed by atoms with Crippen LogP contribution in [0.3, 0.4) is 0 Å². The highest BCUT2D eigenvalue weighted by Gasteiger charge is 2.25. The number of hydrogen-bond acceptors (Lipinski definition) is 2. The van der Waals surface area contributed by atoms with Gasteiger partial charge >= 0.3 is 0 Å². The summed E-state index contributed by atoms with van der Waals surface area (Å²) in [5.74, 6) is 0. The van der Waals surface area contributed by atoms with Crippen LogP contribution in [0.25, 0.3) is 0 Å². The zero-order valence-corrected chi connectivity index (χ0v) is 31.4. The van der Waals surface area contributed by atoms with E-state index in [0.29, 0.717) is 0 Å². The summed E-state index contributed by atoms with van der Waals surface area (Å²) in [6, 6.07) is 19.9. The van der Waals surface area contributed by atoms with E-state index in [1.807, 2.05) is 71.9 Å². The molecule has 0 aliphatic carbocycles.